The molecule has 2 aromatic carbocycles. The Morgan fingerprint density at radius 1 is 0.941 bits per heavy atom. The molecule has 184 valence electrons. The van der Waals surface area contributed by atoms with Crippen molar-refractivity contribution in [2.45, 2.75) is 45.1 Å². The molecule has 0 aliphatic rings. The van der Waals surface area contributed by atoms with Gasteiger partial charge in [-0.05, 0) is 23.1 Å². The third kappa shape index (κ3) is 8.09. The van der Waals surface area contributed by atoms with Crippen LogP contribution in [-0.2, 0) is 38.3 Å². The molecule has 2 amide bonds. The number of halogens is 3. The van der Waals surface area contributed by atoms with Crippen LogP contribution in [0.3, 0.4) is 0 Å². The Morgan fingerprint density at radius 3 is 2.18 bits per heavy atom. The molecule has 0 aliphatic carbocycles. The van der Waals surface area contributed by atoms with Crippen molar-refractivity contribution in [1.82, 2.24) is 10.6 Å². The standard InChI is InChI=1S/C24H27F3N2O5/c1-15(2)20(29-23(32)34-14-16-8-5-4-6-9-16)21(30)28-19(22(31)33-3)13-17-10-7-11-18(12-17)24(25,26)27/h4-12,15,19-20H,13-14H2,1-3H3,(H,28,30)(H,29,32)/t19-,20-/m0/s1. The van der Waals surface area contributed by atoms with Crippen molar-refractivity contribution in [3.8, 4) is 0 Å². The summed E-state index contributed by atoms with van der Waals surface area (Å²) in [5.74, 6) is -1.91. The summed E-state index contributed by atoms with van der Waals surface area (Å²) >= 11 is 0. The summed E-state index contributed by atoms with van der Waals surface area (Å²) in [5.41, 5.74) is 0.0692. The van der Waals surface area contributed by atoms with Gasteiger partial charge in [0.25, 0.3) is 0 Å². The van der Waals surface area contributed by atoms with E-state index in [4.69, 9.17) is 9.47 Å². The fourth-order valence-electron chi connectivity index (χ4n) is 3.13. The molecular formula is C24H27F3N2O5. The number of nitrogens with one attached hydrogen (secondary N) is 2. The van der Waals surface area contributed by atoms with Gasteiger partial charge < -0.3 is 20.1 Å². The maximum atomic E-state index is 13.0. The quantitative estimate of drug-likeness (QED) is 0.532. The third-order valence-corrected chi connectivity index (χ3v) is 4.93. The SMILES string of the molecule is COC(=O)[C@H](Cc1cccc(C(F)(F)F)c1)NC(=O)[C@@H](NC(=O)OCc1ccccc1)C(C)C. The minimum atomic E-state index is -4.55. The molecular weight excluding hydrogens is 453 g/mol. The number of methoxy groups -OCH3 is 1. The van der Waals surface area contributed by atoms with E-state index >= 15 is 0 Å². The minimum absolute atomic E-state index is 0.000556. The molecule has 2 N–H and O–H groups in total. The first-order chi connectivity index (χ1) is 16.0. The summed E-state index contributed by atoms with van der Waals surface area (Å²) in [6.07, 6.45) is -5.61. The number of ether oxygens (including phenoxy) is 2. The second-order valence-corrected chi connectivity index (χ2v) is 7.91. The second kappa shape index (κ2) is 12.1. The summed E-state index contributed by atoms with van der Waals surface area (Å²) < 4.78 is 48.9. The van der Waals surface area contributed by atoms with Crippen molar-refractivity contribution >= 4 is 18.0 Å². The van der Waals surface area contributed by atoms with Crippen LogP contribution in [0.25, 0.3) is 0 Å². The summed E-state index contributed by atoms with van der Waals surface area (Å²) in [4.78, 5) is 37.3. The van der Waals surface area contributed by atoms with Crippen molar-refractivity contribution in [3.63, 3.8) is 0 Å². The van der Waals surface area contributed by atoms with Crippen molar-refractivity contribution in [1.29, 1.82) is 0 Å². The number of esters is 1. The molecule has 2 atom stereocenters. The van der Waals surface area contributed by atoms with Gasteiger partial charge in [-0.2, -0.15) is 13.2 Å². The van der Waals surface area contributed by atoms with Gasteiger partial charge in [0.05, 0.1) is 12.7 Å². The highest BCUT2D eigenvalue weighted by Crippen LogP contribution is 2.29. The van der Waals surface area contributed by atoms with Crippen LogP contribution in [0.5, 0.6) is 0 Å². The van der Waals surface area contributed by atoms with Gasteiger partial charge >= 0.3 is 18.2 Å². The lowest BCUT2D eigenvalue weighted by molar-refractivity contribution is -0.145. The van der Waals surface area contributed by atoms with Gasteiger partial charge in [0, 0.05) is 6.42 Å². The number of hydrogen-bond acceptors (Lipinski definition) is 5. The summed E-state index contributed by atoms with van der Waals surface area (Å²) in [7, 11) is 1.10. The topological polar surface area (TPSA) is 93.7 Å². The lowest BCUT2D eigenvalue weighted by Crippen LogP contribution is -2.54. The van der Waals surface area contributed by atoms with E-state index in [2.05, 4.69) is 10.6 Å². The molecule has 0 unspecified atom stereocenters. The minimum Gasteiger partial charge on any atom is -0.467 e. The fourth-order valence-corrected chi connectivity index (χ4v) is 3.13. The van der Waals surface area contributed by atoms with E-state index in [0.29, 0.717) is 0 Å². The highest BCUT2D eigenvalue weighted by atomic mass is 19.4. The van der Waals surface area contributed by atoms with Gasteiger partial charge in [-0.3, -0.25) is 4.79 Å². The lowest BCUT2D eigenvalue weighted by atomic mass is 10.0. The molecule has 0 saturated carbocycles. The molecule has 0 spiro atoms. The van der Waals surface area contributed by atoms with Crippen molar-refractivity contribution in [2.24, 2.45) is 5.92 Å². The average molecular weight is 480 g/mol. The van der Waals surface area contributed by atoms with Crippen LogP contribution in [0.4, 0.5) is 18.0 Å². The molecule has 0 aromatic heterocycles. The van der Waals surface area contributed by atoms with E-state index in [1.807, 2.05) is 6.07 Å². The Hall–Kier alpha value is -3.56. The molecule has 0 fully saturated rings. The van der Waals surface area contributed by atoms with Crippen LogP contribution >= 0.6 is 0 Å². The lowest BCUT2D eigenvalue weighted by Gasteiger charge is -2.24. The zero-order valence-corrected chi connectivity index (χ0v) is 19.0. The Balaban J connectivity index is 2.08. The van der Waals surface area contributed by atoms with Crippen molar-refractivity contribution < 1.29 is 37.0 Å². The molecule has 0 radical (unpaired) electrons. The number of alkyl halides is 3. The molecule has 2 rings (SSSR count). The maximum absolute atomic E-state index is 13.0. The first-order valence-corrected chi connectivity index (χ1v) is 10.5. The zero-order chi connectivity index (χ0) is 25.3. The highest BCUT2D eigenvalue weighted by molar-refractivity contribution is 5.90. The Morgan fingerprint density at radius 2 is 1.59 bits per heavy atom. The maximum Gasteiger partial charge on any atom is 0.416 e. The van der Waals surface area contributed by atoms with E-state index in [-0.39, 0.29) is 24.5 Å². The first kappa shape index (κ1) is 26.7. The van der Waals surface area contributed by atoms with Gasteiger partial charge in [0.15, 0.2) is 0 Å². The van der Waals surface area contributed by atoms with Crippen LogP contribution in [0.15, 0.2) is 54.6 Å². The summed E-state index contributed by atoms with van der Waals surface area (Å²) in [6, 6.07) is 11.1. The number of rotatable bonds is 9. The van der Waals surface area contributed by atoms with Crippen LogP contribution in [0.2, 0.25) is 0 Å². The molecule has 0 saturated heterocycles. The molecule has 0 aliphatic heterocycles. The second-order valence-electron chi connectivity index (χ2n) is 7.91. The van der Waals surface area contributed by atoms with Crippen LogP contribution in [-0.4, -0.2) is 37.2 Å². The predicted octanol–water partition coefficient (Wildman–Crippen LogP) is 3.86. The van der Waals surface area contributed by atoms with E-state index in [1.54, 1.807) is 38.1 Å². The number of amides is 2. The van der Waals surface area contributed by atoms with Crippen LogP contribution in [0.1, 0.15) is 30.5 Å². The largest absolute Gasteiger partial charge is 0.467 e. The number of hydrogen-bond donors (Lipinski definition) is 2. The normalized spacial score (nSPS) is 13.0. The number of carbonyl (C=O) groups excluding carboxylic acids is 3. The van der Waals surface area contributed by atoms with Gasteiger partial charge in [0.1, 0.15) is 18.7 Å². The predicted molar refractivity (Wildman–Crippen MR) is 117 cm³/mol. The molecule has 10 heteroatoms. The Labute approximate surface area is 195 Å². The molecule has 0 heterocycles. The van der Waals surface area contributed by atoms with Crippen LogP contribution < -0.4 is 10.6 Å². The van der Waals surface area contributed by atoms with E-state index in [9.17, 15) is 27.6 Å². The smallest absolute Gasteiger partial charge is 0.416 e. The van der Waals surface area contributed by atoms with E-state index < -0.39 is 41.8 Å². The van der Waals surface area contributed by atoms with Crippen molar-refractivity contribution in [2.75, 3.05) is 7.11 Å². The first-order valence-electron chi connectivity index (χ1n) is 10.5. The fraction of sp³-hybridized carbons (Fsp3) is 0.375. The monoisotopic (exact) mass is 480 g/mol. The molecule has 0 bridgehead atoms. The average Bonchev–Trinajstić information content (AvgIpc) is 2.80. The van der Waals surface area contributed by atoms with Crippen LogP contribution in [0, 0.1) is 5.92 Å². The molecule has 34 heavy (non-hydrogen) atoms. The Bertz CT molecular complexity index is 980. The summed E-state index contributed by atoms with van der Waals surface area (Å²) in [6.45, 7) is 3.36. The van der Waals surface area contributed by atoms with Crippen molar-refractivity contribution in [3.05, 3.63) is 71.3 Å². The van der Waals surface area contributed by atoms with Gasteiger partial charge in [-0.15, -0.1) is 0 Å². The highest BCUT2D eigenvalue weighted by Gasteiger charge is 2.32. The van der Waals surface area contributed by atoms with Gasteiger partial charge in [-0.1, -0.05) is 62.4 Å². The van der Waals surface area contributed by atoms with Gasteiger partial charge in [-0.25, -0.2) is 9.59 Å². The van der Waals surface area contributed by atoms with E-state index in [0.717, 1.165) is 24.8 Å². The van der Waals surface area contributed by atoms with Gasteiger partial charge in [0.2, 0.25) is 5.91 Å². The third-order valence-electron chi connectivity index (χ3n) is 4.93. The zero-order valence-electron chi connectivity index (χ0n) is 19.0. The number of benzene rings is 2. The van der Waals surface area contributed by atoms with E-state index in [1.165, 1.54) is 12.1 Å². The molecule has 7 nitrogen and oxygen atoms in total. The number of alkyl carbamates (subject to hydrolysis) is 1. The Kier molecular flexibility index (Phi) is 9.47. The summed E-state index contributed by atoms with van der Waals surface area (Å²) in [5, 5.41) is 4.94. The molecule has 2 aromatic rings. The number of carbonyl (C=O) groups is 3.